The van der Waals surface area contributed by atoms with Gasteiger partial charge in [-0.15, -0.1) is 0 Å². The molecule has 0 aliphatic carbocycles. The van der Waals surface area contributed by atoms with Crippen LogP contribution in [0.5, 0.6) is 0 Å². The lowest BCUT2D eigenvalue weighted by molar-refractivity contribution is -0.121. The number of nitrogens with one attached hydrogen (secondary N) is 2. The van der Waals surface area contributed by atoms with E-state index in [-0.39, 0.29) is 18.0 Å². The van der Waals surface area contributed by atoms with Crippen LogP contribution in [0.15, 0.2) is 71.7 Å². The predicted molar refractivity (Wildman–Crippen MR) is 118 cm³/mol. The Labute approximate surface area is 179 Å². The molecule has 0 unspecified atom stereocenters. The summed E-state index contributed by atoms with van der Waals surface area (Å²) in [5, 5.41) is 6.94. The molecule has 0 radical (unpaired) electrons. The number of carbonyl (C=O) groups is 1. The van der Waals surface area contributed by atoms with Crippen molar-refractivity contribution in [1.82, 2.24) is 9.88 Å². The van der Waals surface area contributed by atoms with Crippen LogP contribution in [0.1, 0.15) is 11.1 Å². The maximum absolute atomic E-state index is 12.6. The molecule has 3 rings (SSSR count). The fourth-order valence-electron chi connectivity index (χ4n) is 2.84. The molecule has 1 amide bonds. The molecule has 0 saturated heterocycles. The van der Waals surface area contributed by atoms with Gasteiger partial charge >= 0.3 is 0 Å². The minimum Gasteiger partial charge on any atom is -0.377 e. The van der Waals surface area contributed by atoms with Gasteiger partial charge < -0.3 is 15.2 Å². The third-order valence-corrected chi connectivity index (χ3v) is 5.12. The minimum absolute atomic E-state index is 0.0406. The number of benzene rings is 2. The Bertz CT molecular complexity index is 1040. The molecule has 1 heterocycles. The van der Waals surface area contributed by atoms with E-state index in [0.29, 0.717) is 35.2 Å². The van der Waals surface area contributed by atoms with Crippen LogP contribution in [0.3, 0.4) is 0 Å². The summed E-state index contributed by atoms with van der Waals surface area (Å²) in [6.07, 6.45) is 2.23. The van der Waals surface area contributed by atoms with Crippen molar-refractivity contribution in [2.45, 2.75) is 19.5 Å². The minimum atomic E-state index is -0.233. The lowest BCUT2D eigenvalue weighted by atomic mass is 10.1. The van der Waals surface area contributed by atoms with Crippen molar-refractivity contribution in [3.63, 3.8) is 0 Å². The van der Waals surface area contributed by atoms with Gasteiger partial charge in [-0.2, -0.15) is 0 Å². The molecule has 0 saturated carbocycles. The summed E-state index contributed by atoms with van der Waals surface area (Å²) in [5.74, 6) is -0.229. The number of hydrogen-bond donors (Lipinski definition) is 2. The molecular formula is C22H21Cl2N3O2. The lowest BCUT2D eigenvalue weighted by Crippen LogP contribution is -2.33. The Morgan fingerprint density at radius 1 is 0.931 bits per heavy atom. The van der Waals surface area contributed by atoms with E-state index in [1.54, 1.807) is 30.5 Å². The van der Waals surface area contributed by atoms with E-state index in [4.69, 9.17) is 23.2 Å². The zero-order valence-electron chi connectivity index (χ0n) is 15.7. The third-order valence-electron chi connectivity index (χ3n) is 4.38. The zero-order valence-corrected chi connectivity index (χ0v) is 17.2. The standard InChI is InChI=1S/C22H21Cl2N3O2/c23-18-9-8-16(13-19(18)24)10-11-25-21(28)15-27-12-4-7-20(22(27)29)26-14-17-5-2-1-3-6-17/h1-9,12-13,26H,10-11,14-15H2,(H,25,28). The van der Waals surface area contributed by atoms with Crippen LogP contribution >= 0.6 is 23.2 Å². The van der Waals surface area contributed by atoms with Gasteiger partial charge in [-0.05, 0) is 41.8 Å². The van der Waals surface area contributed by atoms with Gasteiger partial charge in [0, 0.05) is 19.3 Å². The van der Waals surface area contributed by atoms with Crippen LogP contribution in [0.25, 0.3) is 0 Å². The van der Waals surface area contributed by atoms with Gasteiger partial charge in [0.2, 0.25) is 5.91 Å². The molecule has 0 aliphatic rings. The van der Waals surface area contributed by atoms with Gasteiger partial charge in [0.05, 0.1) is 10.0 Å². The molecule has 29 heavy (non-hydrogen) atoms. The van der Waals surface area contributed by atoms with E-state index >= 15 is 0 Å². The number of nitrogens with zero attached hydrogens (tertiary/aromatic N) is 1. The Hall–Kier alpha value is -2.76. The van der Waals surface area contributed by atoms with Crippen LogP contribution < -0.4 is 16.2 Å². The van der Waals surface area contributed by atoms with E-state index in [1.807, 2.05) is 36.4 Å². The number of aromatic nitrogens is 1. The molecule has 2 aromatic carbocycles. The van der Waals surface area contributed by atoms with Gasteiger partial charge in [-0.1, -0.05) is 59.6 Å². The Morgan fingerprint density at radius 2 is 1.72 bits per heavy atom. The SMILES string of the molecule is O=C(Cn1cccc(NCc2ccccc2)c1=O)NCCc1ccc(Cl)c(Cl)c1. The van der Waals surface area contributed by atoms with Gasteiger partial charge in [0.1, 0.15) is 12.2 Å². The van der Waals surface area contributed by atoms with E-state index < -0.39 is 0 Å². The summed E-state index contributed by atoms with van der Waals surface area (Å²) in [4.78, 5) is 24.8. The molecule has 7 heteroatoms. The fourth-order valence-corrected chi connectivity index (χ4v) is 3.16. The lowest BCUT2D eigenvalue weighted by Gasteiger charge is -2.11. The summed E-state index contributed by atoms with van der Waals surface area (Å²) in [7, 11) is 0. The topological polar surface area (TPSA) is 63.1 Å². The molecule has 1 aromatic heterocycles. The van der Waals surface area contributed by atoms with Gasteiger partial charge in [0.15, 0.2) is 0 Å². The zero-order chi connectivity index (χ0) is 20.6. The van der Waals surface area contributed by atoms with E-state index in [9.17, 15) is 9.59 Å². The average Bonchev–Trinajstić information content (AvgIpc) is 2.72. The van der Waals surface area contributed by atoms with Crippen molar-refractivity contribution < 1.29 is 4.79 Å². The second kappa shape index (κ2) is 10.1. The summed E-state index contributed by atoms with van der Waals surface area (Å²) in [6.45, 7) is 0.939. The van der Waals surface area contributed by atoms with E-state index in [0.717, 1.165) is 11.1 Å². The van der Waals surface area contributed by atoms with Gasteiger partial charge in [0.25, 0.3) is 5.56 Å². The van der Waals surface area contributed by atoms with E-state index in [1.165, 1.54) is 4.57 Å². The molecule has 5 nitrogen and oxygen atoms in total. The van der Waals surface area contributed by atoms with Crippen LogP contribution in [-0.4, -0.2) is 17.0 Å². The molecule has 0 fully saturated rings. The number of pyridine rings is 1. The summed E-state index contributed by atoms with van der Waals surface area (Å²) >= 11 is 11.9. The number of halogens is 2. The molecule has 150 valence electrons. The highest BCUT2D eigenvalue weighted by molar-refractivity contribution is 6.42. The number of carbonyl (C=O) groups excluding carboxylic acids is 1. The number of anilines is 1. The largest absolute Gasteiger partial charge is 0.377 e. The highest BCUT2D eigenvalue weighted by Gasteiger charge is 2.08. The molecule has 3 aromatic rings. The Kier molecular flexibility index (Phi) is 7.33. The second-order valence-corrected chi connectivity index (χ2v) is 7.36. The quantitative estimate of drug-likeness (QED) is 0.565. The van der Waals surface area contributed by atoms with Crippen LogP contribution in [-0.2, 0) is 24.3 Å². The first-order valence-corrected chi connectivity index (χ1v) is 9.96. The highest BCUT2D eigenvalue weighted by Crippen LogP contribution is 2.22. The Morgan fingerprint density at radius 3 is 2.48 bits per heavy atom. The highest BCUT2D eigenvalue weighted by atomic mass is 35.5. The maximum atomic E-state index is 12.6. The first-order chi connectivity index (χ1) is 14.0. The molecule has 0 spiro atoms. The molecule has 0 bridgehead atoms. The molecule has 2 N–H and O–H groups in total. The molecule has 0 aliphatic heterocycles. The molecule has 0 atom stereocenters. The third kappa shape index (κ3) is 6.11. The van der Waals surface area contributed by atoms with Gasteiger partial charge in [-0.25, -0.2) is 0 Å². The summed E-state index contributed by atoms with van der Waals surface area (Å²) < 4.78 is 1.39. The predicted octanol–water partition coefficient (Wildman–Crippen LogP) is 4.13. The van der Waals surface area contributed by atoms with Crippen LogP contribution in [0.2, 0.25) is 10.0 Å². The number of rotatable bonds is 8. The van der Waals surface area contributed by atoms with Crippen molar-refractivity contribution in [3.05, 3.63) is 98.4 Å². The van der Waals surface area contributed by atoms with Crippen molar-refractivity contribution in [2.24, 2.45) is 0 Å². The first kappa shape index (κ1) is 21.0. The summed E-state index contributed by atoms with van der Waals surface area (Å²) in [5.41, 5.74) is 2.27. The number of hydrogen-bond acceptors (Lipinski definition) is 3. The monoisotopic (exact) mass is 429 g/mol. The summed E-state index contributed by atoms with van der Waals surface area (Å²) in [6, 6.07) is 18.6. The van der Waals surface area contributed by atoms with Crippen molar-refractivity contribution >= 4 is 34.8 Å². The molecular weight excluding hydrogens is 409 g/mol. The van der Waals surface area contributed by atoms with Crippen LogP contribution in [0.4, 0.5) is 5.69 Å². The smallest absolute Gasteiger partial charge is 0.274 e. The number of amides is 1. The normalized spacial score (nSPS) is 10.6. The maximum Gasteiger partial charge on any atom is 0.274 e. The van der Waals surface area contributed by atoms with Gasteiger partial charge in [-0.3, -0.25) is 9.59 Å². The van der Waals surface area contributed by atoms with Crippen molar-refractivity contribution in [3.8, 4) is 0 Å². The van der Waals surface area contributed by atoms with Crippen molar-refractivity contribution in [1.29, 1.82) is 0 Å². The van der Waals surface area contributed by atoms with Crippen molar-refractivity contribution in [2.75, 3.05) is 11.9 Å². The second-order valence-electron chi connectivity index (χ2n) is 6.54. The van der Waals surface area contributed by atoms with E-state index in [2.05, 4.69) is 10.6 Å². The Balaban J connectivity index is 1.53. The first-order valence-electron chi connectivity index (χ1n) is 9.21. The average molecular weight is 430 g/mol. The fraction of sp³-hybridized carbons (Fsp3) is 0.182. The van der Waals surface area contributed by atoms with Crippen LogP contribution in [0, 0.1) is 0 Å².